The van der Waals surface area contributed by atoms with E-state index in [1.165, 1.54) is 66.4 Å². The minimum atomic E-state index is -0.438. The molecule has 0 unspecified atom stereocenters. The van der Waals surface area contributed by atoms with E-state index >= 15 is 0 Å². The Morgan fingerprint density at radius 2 is 1.19 bits per heavy atom. The molecule has 2 heteroatoms. The number of hydrogen-bond donors (Lipinski definition) is 0. The van der Waals surface area contributed by atoms with Crippen molar-refractivity contribution in [1.82, 2.24) is 9.55 Å². The third-order valence-electron chi connectivity index (χ3n) is 9.62. The minimum absolute atomic E-state index is 0.438. The molecule has 0 atom stereocenters. The third kappa shape index (κ3) is 2.59. The van der Waals surface area contributed by atoms with Crippen molar-refractivity contribution in [3.63, 3.8) is 0 Å². The molecule has 42 heavy (non-hydrogen) atoms. The summed E-state index contributed by atoms with van der Waals surface area (Å²) >= 11 is 0. The van der Waals surface area contributed by atoms with E-state index in [1.807, 2.05) is 12.3 Å². The highest BCUT2D eigenvalue weighted by Crippen LogP contribution is 2.61. The molecule has 0 amide bonds. The van der Waals surface area contributed by atoms with Crippen LogP contribution in [0.3, 0.4) is 0 Å². The lowest BCUT2D eigenvalue weighted by molar-refractivity contribution is 0.749. The van der Waals surface area contributed by atoms with Gasteiger partial charge in [0.1, 0.15) is 0 Å². The van der Waals surface area contributed by atoms with E-state index in [1.54, 1.807) is 0 Å². The molecule has 1 spiro atoms. The highest BCUT2D eigenvalue weighted by atomic mass is 15.0. The van der Waals surface area contributed by atoms with Crippen molar-refractivity contribution in [1.29, 1.82) is 0 Å². The summed E-state index contributed by atoms with van der Waals surface area (Å²) in [6.07, 6.45) is 2.02. The van der Waals surface area contributed by atoms with Gasteiger partial charge < -0.3 is 4.57 Å². The van der Waals surface area contributed by atoms with E-state index in [0.29, 0.717) is 0 Å². The standard InChI is InChI=1S/C40H24N2/c1-7-18-36-26(10-1)22-27(24-41-36)25-20-21-38-35(23-25)40(32-15-5-2-11-28(32)29-12-3-6-16-33(29)40)34-17-9-14-31-30-13-4-8-19-37(30)42(38)39(31)34/h1-24H. The Morgan fingerprint density at radius 3 is 2.05 bits per heavy atom. The molecule has 0 fully saturated rings. The van der Waals surface area contributed by atoms with Crippen molar-refractivity contribution >= 4 is 32.7 Å². The van der Waals surface area contributed by atoms with Crippen LogP contribution >= 0.6 is 0 Å². The van der Waals surface area contributed by atoms with Crippen LogP contribution in [0.2, 0.25) is 0 Å². The summed E-state index contributed by atoms with van der Waals surface area (Å²) in [5.41, 5.74) is 14.7. The zero-order chi connectivity index (χ0) is 27.4. The van der Waals surface area contributed by atoms with Crippen LogP contribution in [0, 0.1) is 0 Å². The van der Waals surface area contributed by atoms with Crippen LogP contribution in [0.25, 0.3) is 60.6 Å². The maximum Gasteiger partial charge on any atom is 0.0754 e. The summed E-state index contributed by atoms with van der Waals surface area (Å²) in [5.74, 6) is 0. The van der Waals surface area contributed by atoms with E-state index in [-0.39, 0.29) is 0 Å². The second-order valence-electron chi connectivity index (χ2n) is 11.5. The quantitative estimate of drug-likeness (QED) is 0.206. The summed E-state index contributed by atoms with van der Waals surface area (Å²) in [4.78, 5) is 4.83. The number of para-hydroxylation sites is 3. The van der Waals surface area contributed by atoms with Crippen LogP contribution in [0.1, 0.15) is 22.3 Å². The van der Waals surface area contributed by atoms with Gasteiger partial charge in [-0.2, -0.15) is 0 Å². The van der Waals surface area contributed by atoms with Crippen LogP contribution in [-0.4, -0.2) is 9.55 Å². The highest BCUT2D eigenvalue weighted by Gasteiger charge is 2.50. The highest BCUT2D eigenvalue weighted by molar-refractivity contribution is 6.13. The molecule has 2 aromatic heterocycles. The third-order valence-corrected chi connectivity index (χ3v) is 9.62. The maximum absolute atomic E-state index is 4.83. The molecule has 2 aliphatic rings. The molecule has 0 saturated heterocycles. The van der Waals surface area contributed by atoms with Crippen LogP contribution in [0.5, 0.6) is 0 Å². The summed E-state index contributed by atoms with van der Waals surface area (Å²) < 4.78 is 2.51. The lowest BCUT2D eigenvalue weighted by atomic mass is 9.65. The van der Waals surface area contributed by atoms with Crippen molar-refractivity contribution < 1.29 is 0 Å². The lowest BCUT2D eigenvalue weighted by Gasteiger charge is -2.40. The summed E-state index contributed by atoms with van der Waals surface area (Å²) in [6, 6.07) is 51.5. The molecule has 1 aliphatic carbocycles. The number of rotatable bonds is 1. The Bertz CT molecular complexity index is 2380. The molecule has 10 rings (SSSR count). The second-order valence-corrected chi connectivity index (χ2v) is 11.5. The predicted molar refractivity (Wildman–Crippen MR) is 172 cm³/mol. The number of hydrogen-bond acceptors (Lipinski definition) is 1. The first-order valence-electron chi connectivity index (χ1n) is 14.6. The SMILES string of the molecule is c1ccc2c(c1)-c1ccccc1C21c2cc(-c3cnc4ccccc4c3)ccc2-n2c3ccccc3c3cccc1c32. The number of pyridine rings is 1. The van der Waals surface area contributed by atoms with Gasteiger partial charge in [0.05, 0.1) is 27.7 Å². The molecular formula is C40H24N2. The van der Waals surface area contributed by atoms with Gasteiger partial charge >= 0.3 is 0 Å². The van der Waals surface area contributed by atoms with Gasteiger partial charge in [0.15, 0.2) is 0 Å². The average molecular weight is 533 g/mol. The Hall–Kier alpha value is -5.47. The van der Waals surface area contributed by atoms with Gasteiger partial charge in [-0.3, -0.25) is 4.98 Å². The maximum atomic E-state index is 4.83. The molecule has 0 N–H and O–H groups in total. The Morgan fingerprint density at radius 1 is 0.500 bits per heavy atom. The van der Waals surface area contributed by atoms with Gasteiger partial charge in [0, 0.05) is 27.9 Å². The van der Waals surface area contributed by atoms with Gasteiger partial charge in [-0.15, -0.1) is 0 Å². The number of aromatic nitrogens is 2. The first kappa shape index (κ1) is 22.2. The van der Waals surface area contributed by atoms with Gasteiger partial charge in [-0.05, 0) is 69.3 Å². The fourth-order valence-electron chi connectivity index (χ4n) is 7.97. The van der Waals surface area contributed by atoms with Gasteiger partial charge in [-0.25, -0.2) is 0 Å². The van der Waals surface area contributed by atoms with Crippen LogP contribution in [-0.2, 0) is 5.41 Å². The van der Waals surface area contributed by atoms with Crippen LogP contribution in [0.4, 0.5) is 0 Å². The molecule has 8 aromatic rings. The summed E-state index contributed by atoms with van der Waals surface area (Å²) in [5, 5.41) is 3.75. The first-order chi connectivity index (χ1) is 20.8. The molecule has 0 radical (unpaired) electrons. The molecule has 6 aromatic carbocycles. The Labute approximate surface area is 243 Å². The van der Waals surface area contributed by atoms with E-state index in [2.05, 4.69) is 138 Å². The predicted octanol–water partition coefficient (Wildman–Crippen LogP) is 9.68. The Kier molecular flexibility index (Phi) is 4.15. The topological polar surface area (TPSA) is 17.8 Å². The molecule has 1 aliphatic heterocycles. The average Bonchev–Trinajstić information content (AvgIpc) is 3.55. The van der Waals surface area contributed by atoms with Crippen molar-refractivity contribution in [3.8, 4) is 27.9 Å². The fraction of sp³-hybridized carbons (Fsp3) is 0.0250. The van der Waals surface area contributed by atoms with Crippen molar-refractivity contribution in [2.24, 2.45) is 0 Å². The molecule has 194 valence electrons. The van der Waals surface area contributed by atoms with E-state index in [4.69, 9.17) is 4.98 Å². The van der Waals surface area contributed by atoms with Gasteiger partial charge in [0.2, 0.25) is 0 Å². The monoisotopic (exact) mass is 532 g/mol. The molecule has 0 saturated carbocycles. The smallest absolute Gasteiger partial charge is 0.0754 e. The molecule has 3 heterocycles. The lowest BCUT2D eigenvalue weighted by Crippen LogP contribution is -2.33. The fourth-order valence-corrected chi connectivity index (χ4v) is 7.97. The molecule has 0 bridgehead atoms. The number of benzene rings is 6. The van der Waals surface area contributed by atoms with E-state index < -0.39 is 5.41 Å². The second kappa shape index (κ2) is 7.84. The van der Waals surface area contributed by atoms with Crippen molar-refractivity contribution in [2.45, 2.75) is 5.41 Å². The van der Waals surface area contributed by atoms with Crippen LogP contribution in [0.15, 0.2) is 146 Å². The zero-order valence-electron chi connectivity index (χ0n) is 22.8. The van der Waals surface area contributed by atoms with Gasteiger partial charge in [0.25, 0.3) is 0 Å². The normalized spacial score (nSPS) is 13.9. The molecule has 2 nitrogen and oxygen atoms in total. The summed E-state index contributed by atoms with van der Waals surface area (Å²) in [7, 11) is 0. The Balaban J connectivity index is 1.40. The summed E-state index contributed by atoms with van der Waals surface area (Å²) in [6.45, 7) is 0. The largest absolute Gasteiger partial charge is 0.309 e. The van der Waals surface area contributed by atoms with E-state index in [0.717, 1.165) is 16.5 Å². The molecular weight excluding hydrogens is 508 g/mol. The van der Waals surface area contributed by atoms with Crippen LogP contribution < -0.4 is 0 Å². The number of fused-ring (bicyclic) bond motifs is 13. The van der Waals surface area contributed by atoms with Crippen molar-refractivity contribution in [3.05, 3.63) is 168 Å². The van der Waals surface area contributed by atoms with E-state index in [9.17, 15) is 0 Å². The minimum Gasteiger partial charge on any atom is -0.309 e. The van der Waals surface area contributed by atoms with Gasteiger partial charge in [-0.1, -0.05) is 109 Å². The van der Waals surface area contributed by atoms with Crippen molar-refractivity contribution in [2.75, 3.05) is 0 Å². The first-order valence-corrected chi connectivity index (χ1v) is 14.6. The zero-order valence-corrected chi connectivity index (χ0v) is 22.8. The number of nitrogens with zero attached hydrogens (tertiary/aromatic N) is 2.